The summed E-state index contributed by atoms with van der Waals surface area (Å²) in [5.41, 5.74) is 1.62. The molecular weight excluding hydrogens is 322 g/mol. The quantitative estimate of drug-likeness (QED) is 0.760. The number of aliphatic hydroxyl groups is 1. The van der Waals surface area contributed by atoms with E-state index in [9.17, 15) is 9.90 Å². The lowest BCUT2D eigenvalue weighted by Crippen LogP contribution is -2.24. The number of carboxylic acid groups (broad SMARTS) is 1. The molecule has 0 fully saturated rings. The Labute approximate surface area is 138 Å². The lowest BCUT2D eigenvalue weighted by Gasteiger charge is -2.17. The fourth-order valence-corrected chi connectivity index (χ4v) is 3.38. The smallest absolute Gasteiger partial charge is 0.405 e. The van der Waals surface area contributed by atoms with Crippen LogP contribution in [0.5, 0.6) is 0 Å². The standard InChI is InChI=1S/C16H16ClNO3S/c1-10(18-16(20)21)13-8-12(17)6-7-15(13)22-14-5-3-2-4-11(14)9-19/h2-8,10,18-19H,9H2,1H3,(H,20,21)/t10-/m1/s1. The molecule has 22 heavy (non-hydrogen) atoms. The largest absolute Gasteiger partial charge is 0.465 e. The number of halogens is 1. The fourth-order valence-electron chi connectivity index (χ4n) is 2.07. The van der Waals surface area contributed by atoms with Gasteiger partial charge in [0.25, 0.3) is 0 Å². The van der Waals surface area contributed by atoms with Crippen LogP contribution in [0.3, 0.4) is 0 Å². The number of hydrogen-bond donors (Lipinski definition) is 3. The normalized spacial score (nSPS) is 12.0. The molecular formula is C16H16ClNO3S. The van der Waals surface area contributed by atoms with Gasteiger partial charge in [-0.1, -0.05) is 41.6 Å². The summed E-state index contributed by atoms with van der Waals surface area (Å²) >= 11 is 7.51. The first kappa shape index (κ1) is 16.7. The first-order valence-electron chi connectivity index (χ1n) is 6.66. The van der Waals surface area contributed by atoms with Crippen LogP contribution in [0.2, 0.25) is 5.02 Å². The van der Waals surface area contributed by atoms with Gasteiger partial charge in [0.1, 0.15) is 0 Å². The Balaban J connectivity index is 2.36. The van der Waals surface area contributed by atoms with E-state index < -0.39 is 6.09 Å². The van der Waals surface area contributed by atoms with Crippen LogP contribution in [0.15, 0.2) is 52.3 Å². The lowest BCUT2D eigenvalue weighted by molar-refractivity contribution is 0.190. The van der Waals surface area contributed by atoms with Gasteiger partial charge in [0, 0.05) is 14.8 Å². The van der Waals surface area contributed by atoms with E-state index in [-0.39, 0.29) is 12.6 Å². The summed E-state index contributed by atoms with van der Waals surface area (Å²) in [6.07, 6.45) is -1.08. The van der Waals surface area contributed by atoms with Crippen molar-refractivity contribution in [1.82, 2.24) is 5.32 Å². The third kappa shape index (κ3) is 4.16. The van der Waals surface area contributed by atoms with Gasteiger partial charge in [-0.2, -0.15) is 0 Å². The van der Waals surface area contributed by atoms with Crippen molar-refractivity contribution in [2.24, 2.45) is 0 Å². The molecule has 0 saturated heterocycles. The maximum Gasteiger partial charge on any atom is 0.405 e. The second-order valence-electron chi connectivity index (χ2n) is 4.72. The van der Waals surface area contributed by atoms with E-state index in [4.69, 9.17) is 16.7 Å². The Morgan fingerprint density at radius 1 is 1.27 bits per heavy atom. The molecule has 0 aliphatic carbocycles. The van der Waals surface area contributed by atoms with Crippen molar-refractivity contribution in [3.05, 3.63) is 58.6 Å². The Kier molecular flexibility index (Phi) is 5.71. The second-order valence-corrected chi connectivity index (χ2v) is 6.24. The summed E-state index contributed by atoms with van der Waals surface area (Å²) in [5, 5.41) is 21.3. The van der Waals surface area contributed by atoms with Gasteiger partial charge in [-0.3, -0.25) is 0 Å². The van der Waals surface area contributed by atoms with Gasteiger partial charge in [-0.15, -0.1) is 0 Å². The number of rotatable bonds is 5. The SMILES string of the molecule is C[C@@H](NC(=O)O)c1cc(Cl)ccc1Sc1ccccc1CO. The number of aliphatic hydroxyl groups excluding tert-OH is 1. The van der Waals surface area contributed by atoms with E-state index >= 15 is 0 Å². The molecule has 0 aliphatic heterocycles. The minimum Gasteiger partial charge on any atom is -0.465 e. The molecule has 0 radical (unpaired) electrons. The van der Waals surface area contributed by atoms with Gasteiger partial charge in [0.15, 0.2) is 0 Å². The number of carbonyl (C=O) groups is 1. The average Bonchev–Trinajstić information content (AvgIpc) is 2.48. The van der Waals surface area contributed by atoms with Crippen molar-refractivity contribution in [1.29, 1.82) is 0 Å². The molecule has 0 aromatic heterocycles. The van der Waals surface area contributed by atoms with E-state index in [1.807, 2.05) is 30.3 Å². The predicted molar refractivity (Wildman–Crippen MR) is 87.5 cm³/mol. The van der Waals surface area contributed by atoms with Crippen molar-refractivity contribution in [3.63, 3.8) is 0 Å². The maximum absolute atomic E-state index is 10.9. The molecule has 0 unspecified atom stereocenters. The molecule has 116 valence electrons. The van der Waals surface area contributed by atoms with E-state index in [0.717, 1.165) is 20.9 Å². The van der Waals surface area contributed by atoms with Gasteiger partial charge >= 0.3 is 6.09 Å². The van der Waals surface area contributed by atoms with Gasteiger partial charge in [-0.25, -0.2) is 4.79 Å². The van der Waals surface area contributed by atoms with Gasteiger partial charge in [0.2, 0.25) is 0 Å². The molecule has 1 amide bonds. The molecule has 0 aliphatic rings. The monoisotopic (exact) mass is 337 g/mol. The van der Waals surface area contributed by atoms with Crippen LogP contribution in [0.25, 0.3) is 0 Å². The molecule has 4 nitrogen and oxygen atoms in total. The zero-order valence-electron chi connectivity index (χ0n) is 11.9. The molecule has 2 aromatic carbocycles. The average molecular weight is 338 g/mol. The third-order valence-corrected chi connectivity index (χ3v) is 4.59. The Morgan fingerprint density at radius 2 is 2.00 bits per heavy atom. The third-order valence-electron chi connectivity index (χ3n) is 3.14. The molecule has 0 saturated carbocycles. The summed E-state index contributed by atoms with van der Waals surface area (Å²) < 4.78 is 0. The van der Waals surface area contributed by atoms with Crippen LogP contribution < -0.4 is 5.32 Å². The highest BCUT2D eigenvalue weighted by Crippen LogP contribution is 2.36. The number of benzene rings is 2. The minimum atomic E-state index is -1.08. The molecule has 2 rings (SSSR count). The van der Waals surface area contributed by atoms with Crippen LogP contribution in [0.1, 0.15) is 24.1 Å². The van der Waals surface area contributed by atoms with Crippen LogP contribution in [-0.2, 0) is 6.61 Å². The molecule has 6 heteroatoms. The highest BCUT2D eigenvalue weighted by atomic mass is 35.5. The lowest BCUT2D eigenvalue weighted by atomic mass is 10.1. The molecule has 1 atom stereocenters. The van der Waals surface area contributed by atoms with Crippen LogP contribution >= 0.6 is 23.4 Å². The van der Waals surface area contributed by atoms with E-state index in [0.29, 0.717) is 5.02 Å². The number of amides is 1. The molecule has 2 aromatic rings. The van der Waals surface area contributed by atoms with Crippen molar-refractivity contribution >= 4 is 29.5 Å². The molecule has 0 spiro atoms. The number of hydrogen-bond acceptors (Lipinski definition) is 3. The minimum absolute atomic E-state index is 0.0466. The van der Waals surface area contributed by atoms with Gasteiger partial charge in [0.05, 0.1) is 12.6 Å². The van der Waals surface area contributed by atoms with Crippen LogP contribution in [0, 0.1) is 0 Å². The van der Waals surface area contributed by atoms with Gasteiger partial charge < -0.3 is 15.5 Å². The molecule has 0 heterocycles. The first-order chi connectivity index (χ1) is 10.5. The zero-order chi connectivity index (χ0) is 16.1. The Bertz CT molecular complexity index is 678. The van der Waals surface area contributed by atoms with E-state index in [1.54, 1.807) is 19.1 Å². The van der Waals surface area contributed by atoms with E-state index in [2.05, 4.69) is 5.32 Å². The van der Waals surface area contributed by atoms with Crippen molar-refractivity contribution < 1.29 is 15.0 Å². The van der Waals surface area contributed by atoms with Crippen molar-refractivity contribution in [2.45, 2.75) is 29.4 Å². The summed E-state index contributed by atoms with van der Waals surface area (Å²) in [4.78, 5) is 12.7. The molecule has 3 N–H and O–H groups in total. The maximum atomic E-state index is 10.9. The fraction of sp³-hybridized carbons (Fsp3) is 0.188. The summed E-state index contributed by atoms with van der Waals surface area (Å²) in [5.74, 6) is 0. The second kappa shape index (κ2) is 7.54. The van der Waals surface area contributed by atoms with Crippen LogP contribution in [-0.4, -0.2) is 16.3 Å². The summed E-state index contributed by atoms with van der Waals surface area (Å²) in [6.45, 7) is 1.72. The highest BCUT2D eigenvalue weighted by molar-refractivity contribution is 7.99. The summed E-state index contributed by atoms with van der Waals surface area (Å²) in [7, 11) is 0. The van der Waals surface area contributed by atoms with E-state index in [1.165, 1.54) is 11.8 Å². The topological polar surface area (TPSA) is 69.6 Å². The predicted octanol–water partition coefficient (Wildman–Crippen LogP) is 4.31. The van der Waals surface area contributed by atoms with Gasteiger partial charge in [-0.05, 0) is 42.3 Å². The first-order valence-corrected chi connectivity index (χ1v) is 7.86. The number of nitrogens with one attached hydrogen (secondary N) is 1. The molecule has 0 bridgehead atoms. The highest BCUT2D eigenvalue weighted by Gasteiger charge is 2.15. The van der Waals surface area contributed by atoms with Crippen molar-refractivity contribution in [2.75, 3.05) is 0 Å². The van der Waals surface area contributed by atoms with Crippen molar-refractivity contribution in [3.8, 4) is 0 Å². The summed E-state index contributed by atoms with van der Waals surface area (Å²) in [6, 6.07) is 12.5. The Hall–Kier alpha value is -1.69. The zero-order valence-corrected chi connectivity index (χ0v) is 13.5. The Morgan fingerprint density at radius 3 is 2.68 bits per heavy atom. The van der Waals surface area contributed by atoms with Crippen LogP contribution in [0.4, 0.5) is 4.79 Å².